The number of aryl methyl sites for hydroxylation is 2. The minimum atomic E-state index is -1.01. The van der Waals surface area contributed by atoms with Crippen LogP contribution in [0, 0.1) is 23.4 Å². The lowest BCUT2D eigenvalue weighted by Gasteiger charge is -2.38. The van der Waals surface area contributed by atoms with Gasteiger partial charge in [0.05, 0.1) is 27.6 Å². The van der Waals surface area contributed by atoms with Crippen molar-refractivity contribution in [3.63, 3.8) is 0 Å². The number of hydrogen-bond acceptors (Lipinski definition) is 14. The predicted octanol–water partition coefficient (Wildman–Crippen LogP) is 7.62. The number of phenols is 1. The number of benzene rings is 3. The van der Waals surface area contributed by atoms with Crippen molar-refractivity contribution in [3.05, 3.63) is 81.7 Å². The normalized spacial score (nSPS) is 24.6. The summed E-state index contributed by atoms with van der Waals surface area (Å²) in [5.41, 5.74) is 0.109. The fourth-order valence-corrected chi connectivity index (χ4v) is 14.2. The second-order valence-electron chi connectivity index (χ2n) is 23.6. The average molecular weight is 1100 g/mol. The first-order valence-electron chi connectivity index (χ1n) is 28.5. The van der Waals surface area contributed by atoms with Crippen LogP contribution >= 0.6 is 0 Å². The minimum absolute atomic E-state index is 0.0172. The molecule has 4 atom stereocenters. The van der Waals surface area contributed by atoms with Crippen molar-refractivity contribution in [2.24, 2.45) is 13.0 Å². The zero-order valence-corrected chi connectivity index (χ0v) is 45.6. The highest BCUT2D eigenvalue weighted by Gasteiger charge is 2.50. The van der Waals surface area contributed by atoms with Gasteiger partial charge in [0.1, 0.15) is 53.7 Å². The van der Waals surface area contributed by atoms with E-state index in [2.05, 4.69) is 20.1 Å². The molecule has 21 heteroatoms. The van der Waals surface area contributed by atoms with Gasteiger partial charge >= 0.3 is 17.8 Å². The maximum Gasteiger partial charge on any atom is 0.409 e. The van der Waals surface area contributed by atoms with Gasteiger partial charge in [-0.3, -0.25) is 33.9 Å². The zero-order valence-electron chi connectivity index (χ0n) is 45.6. The molecule has 6 fully saturated rings. The number of piperidine rings is 4. The molecule has 0 radical (unpaired) electrons. The van der Waals surface area contributed by atoms with Gasteiger partial charge in [0, 0.05) is 70.1 Å². The van der Waals surface area contributed by atoms with Crippen LogP contribution < -0.4 is 20.6 Å². The van der Waals surface area contributed by atoms with Crippen molar-refractivity contribution in [3.8, 4) is 23.0 Å². The van der Waals surface area contributed by atoms with Gasteiger partial charge < -0.3 is 34.4 Å². The Hall–Kier alpha value is -6.84. The molecule has 6 aliphatic heterocycles. The molecule has 6 aliphatic rings. The number of carbonyl (C=O) groups is 3. The molecule has 3 aromatic carbocycles. The lowest BCUT2D eigenvalue weighted by atomic mass is 9.87. The van der Waals surface area contributed by atoms with Gasteiger partial charge in [-0.2, -0.15) is 9.97 Å². The Bertz CT molecular complexity index is 3500. The number of hydrogen-bond donors (Lipinski definition) is 3. The number of pyridine rings is 1. The van der Waals surface area contributed by atoms with Gasteiger partial charge in [-0.05, 0) is 162 Å². The van der Waals surface area contributed by atoms with E-state index in [0.717, 1.165) is 77.5 Å². The molecule has 0 spiro atoms. The molecular weight excluding hydrogens is 1030 g/mol. The van der Waals surface area contributed by atoms with Crippen molar-refractivity contribution in [2.75, 3.05) is 70.5 Å². The monoisotopic (exact) mass is 1100 g/mol. The summed E-state index contributed by atoms with van der Waals surface area (Å²) in [5, 5.41) is 25.6. The number of carbonyl (C=O) groups excluding carboxylic acids is 3. The first-order chi connectivity index (χ1) is 38.5. The topological polar surface area (TPSA) is 201 Å². The molecule has 0 saturated carbocycles. The third-order valence-electron chi connectivity index (χ3n) is 18.4. The maximum atomic E-state index is 17.3. The van der Waals surface area contributed by atoms with E-state index >= 15 is 13.2 Å². The molecule has 3 amide bonds. The molecule has 3 aromatic heterocycles. The van der Waals surface area contributed by atoms with Crippen LogP contribution in [0.2, 0.25) is 0 Å². The summed E-state index contributed by atoms with van der Waals surface area (Å²) in [4.78, 5) is 74.1. The number of ether oxygens (including phenoxy) is 2. The summed E-state index contributed by atoms with van der Waals surface area (Å²) in [5.74, 6) is -1.92. The highest BCUT2D eigenvalue weighted by Crippen LogP contribution is 2.44. The van der Waals surface area contributed by atoms with Gasteiger partial charge in [-0.25, -0.2) is 22.8 Å². The Morgan fingerprint density at radius 1 is 0.887 bits per heavy atom. The van der Waals surface area contributed by atoms with Crippen LogP contribution in [0.5, 0.6) is 11.8 Å². The van der Waals surface area contributed by atoms with Gasteiger partial charge in [0.2, 0.25) is 11.8 Å². The number of imidazole rings is 1. The van der Waals surface area contributed by atoms with E-state index in [4.69, 9.17) is 19.4 Å². The van der Waals surface area contributed by atoms with E-state index in [1.165, 1.54) is 39.6 Å². The molecule has 80 heavy (non-hydrogen) atoms. The van der Waals surface area contributed by atoms with Crippen molar-refractivity contribution in [1.82, 2.24) is 44.1 Å². The summed E-state index contributed by atoms with van der Waals surface area (Å²) in [6.45, 7) is 9.33. The van der Waals surface area contributed by atoms with E-state index in [1.807, 2.05) is 11.8 Å². The Kier molecular flexibility index (Phi) is 14.3. The summed E-state index contributed by atoms with van der Waals surface area (Å²) in [6, 6.07) is 8.01. The van der Waals surface area contributed by atoms with Gasteiger partial charge in [-0.15, -0.1) is 0 Å². The second-order valence-corrected chi connectivity index (χ2v) is 23.6. The molecule has 18 nitrogen and oxygen atoms in total. The molecule has 1 unspecified atom stereocenters. The lowest BCUT2D eigenvalue weighted by Crippen LogP contribution is -2.49. The summed E-state index contributed by atoms with van der Waals surface area (Å²) < 4.78 is 63.8. The van der Waals surface area contributed by atoms with E-state index in [-0.39, 0.29) is 90.6 Å². The van der Waals surface area contributed by atoms with Crippen LogP contribution in [0.15, 0.2) is 47.4 Å². The number of amides is 3. The Labute approximate surface area is 460 Å². The van der Waals surface area contributed by atoms with Crippen molar-refractivity contribution >= 4 is 56.4 Å². The third kappa shape index (κ3) is 9.89. The fraction of sp³-hybridized carbons (Fsp3) is 0.542. The molecule has 9 heterocycles. The minimum Gasteiger partial charge on any atom is -0.508 e. The van der Waals surface area contributed by atoms with Gasteiger partial charge in [0.25, 0.3) is 0 Å². The van der Waals surface area contributed by atoms with Crippen LogP contribution in [0.3, 0.4) is 0 Å². The summed E-state index contributed by atoms with van der Waals surface area (Å²) >= 11 is 0. The first kappa shape index (κ1) is 53.8. The second kappa shape index (κ2) is 21.2. The number of aromatic hydroxyl groups is 1. The number of rotatable bonds is 12. The molecule has 6 saturated heterocycles. The Morgan fingerprint density at radius 3 is 2.44 bits per heavy atom. The number of aromatic nitrogens is 5. The molecular formula is C59H69F3N10O8. The largest absolute Gasteiger partial charge is 0.508 e. The zero-order chi connectivity index (χ0) is 55.8. The smallest absolute Gasteiger partial charge is 0.409 e. The van der Waals surface area contributed by atoms with Crippen molar-refractivity contribution < 1.29 is 47.2 Å². The molecule has 424 valence electrons. The lowest BCUT2D eigenvalue weighted by molar-refractivity contribution is -0.135. The average Bonchev–Trinajstić information content (AvgIpc) is 4.16. The summed E-state index contributed by atoms with van der Waals surface area (Å²) in [7, 11) is 1.62. The molecule has 0 aliphatic carbocycles. The van der Waals surface area contributed by atoms with Crippen LogP contribution in [-0.4, -0.2) is 150 Å². The number of aliphatic hydroxyl groups is 1. The number of imide groups is 1. The number of nitrogens with zero attached hydrogens (tertiary/aromatic N) is 9. The van der Waals surface area contributed by atoms with E-state index in [9.17, 15) is 29.4 Å². The number of nitrogens with one attached hydrogen (secondary N) is 1. The molecule has 6 aromatic rings. The Balaban J connectivity index is 0.666. The highest BCUT2D eigenvalue weighted by atomic mass is 19.1. The SMILES string of the molecule is CCc1c(F)ccc2cc(O)cc(-c3ncc4c(N5CCC[C@@](C)(O)C5)nc(OC[C@]56CCCN5[C@@H](COC(=O)N5CCC(CN7CCC(c8cc9c(cc8F)n(C8CCC(=O)NC8=O)c(=O)n9C)CC7)CC5)CC6)nc4c3F)c12. The van der Waals surface area contributed by atoms with E-state index in [0.29, 0.717) is 89.0 Å². The van der Waals surface area contributed by atoms with Crippen LogP contribution in [-0.2, 0) is 27.8 Å². The van der Waals surface area contributed by atoms with Crippen LogP contribution in [0.1, 0.15) is 114 Å². The third-order valence-corrected chi connectivity index (χ3v) is 18.4. The molecule has 12 rings (SSSR count). The number of likely N-dealkylation sites (tertiary alicyclic amines) is 2. The maximum absolute atomic E-state index is 17.3. The van der Waals surface area contributed by atoms with Crippen LogP contribution in [0.25, 0.3) is 44.0 Å². The molecule has 0 bridgehead atoms. The number of β-amino-alcohol motifs (C(OH)–C–C–N with tert-alkyl or cyclic N) is 1. The van der Waals surface area contributed by atoms with Crippen molar-refractivity contribution in [1.29, 1.82) is 0 Å². The number of halogens is 3. The number of anilines is 1. The number of phenolic OH excluding ortho intramolecular Hbond substituents is 1. The molecule has 3 N–H and O–H groups in total. The first-order valence-corrected chi connectivity index (χ1v) is 28.5. The fourth-order valence-electron chi connectivity index (χ4n) is 14.2. The quantitative estimate of drug-likeness (QED) is 0.101. The number of fused-ring (bicyclic) bond motifs is 4. The van der Waals surface area contributed by atoms with Crippen molar-refractivity contribution in [2.45, 2.75) is 126 Å². The van der Waals surface area contributed by atoms with Crippen LogP contribution in [0.4, 0.5) is 23.8 Å². The van der Waals surface area contributed by atoms with E-state index in [1.54, 1.807) is 31.0 Å². The predicted molar refractivity (Wildman–Crippen MR) is 293 cm³/mol. The summed E-state index contributed by atoms with van der Waals surface area (Å²) in [6.07, 6.45) is 9.63. The van der Waals surface area contributed by atoms with E-state index < -0.39 is 40.7 Å². The highest BCUT2D eigenvalue weighted by molar-refractivity contribution is 6.02. The standard InChI is InChI=1S/C59H69F3N10O8/c1-4-39-43(60)8-7-36-25-38(73)26-41(49(36)39)51-50(62)52-42(29-63-51)53(70-19-5-16-58(2,78)32-70)66-55(65-52)80-33-59-17-6-20-71(59)37(11-18-59)31-79-57(77)69-23-12-34(13-24-69)30-68-21-14-35(15-22-68)40-27-46-47(28-44(40)61)72(56(76)67(46)3)45-9-10-48(74)64-54(45)75/h7-8,25-29,34-35,37,45,73,78H,4-6,9-24,30-33H2,1-3H3,(H,64,74,75)/t37-,45?,58-,59-/m1/s1. The van der Waals surface area contributed by atoms with Gasteiger partial charge in [0.15, 0.2) is 5.82 Å². The Morgan fingerprint density at radius 2 is 1.68 bits per heavy atom. The van der Waals surface area contributed by atoms with Gasteiger partial charge in [-0.1, -0.05) is 13.0 Å².